The van der Waals surface area contributed by atoms with E-state index in [1.165, 1.54) is 12.1 Å². The van der Waals surface area contributed by atoms with E-state index in [1.807, 2.05) is 0 Å². The maximum Gasteiger partial charge on any atom is 0.416 e. The highest BCUT2D eigenvalue weighted by atomic mass is 19.4. The van der Waals surface area contributed by atoms with Crippen molar-refractivity contribution in [1.29, 1.82) is 0 Å². The molecule has 21 heavy (non-hydrogen) atoms. The number of benzene rings is 1. The van der Waals surface area contributed by atoms with E-state index in [-0.39, 0.29) is 18.4 Å². The monoisotopic (exact) mass is 300 g/mol. The highest BCUT2D eigenvalue weighted by Crippen LogP contribution is 2.29. The van der Waals surface area contributed by atoms with E-state index in [9.17, 15) is 18.0 Å². The molecule has 0 heterocycles. The van der Waals surface area contributed by atoms with Crippen molar-refractivity contribution in [2.45, 2.75) is 37.9 Å². The zero-order valence-electron chi connectivity index (χ0n) is 11.6. The van der Waals surface area contributed by atoms with Crippen LogP contribution in [0.3, 0.4) is 0 Å². The smallest absolute Gasteiger partial charge is 0.355 e. The number of carbonyl (C=O) groups excluding carboxylic acids is 1. The van der Waals surface area contributed by atoms with Crippen LogP contribution in [0, 0.1) is 5.92 Å². The molecule has 0 aliphatic heterocycles. The van der Waals surface area contributed by atoms with Gasteiger partial charge in [-0.3, -0.25) is 4.79 Å². The van der Waals surface area contributed by atoms with E-state index >= 15 is 0 Å². The summed E-state index contributed by atoms with van der Waals surface area (Å²) in [6.07, 6.45) is -1.18. The Balaban J connectivity index is 1.82. The molecule has 3 N–H and O–H groups in total. The van der Waals surface area contributed by atoms with E-state index in [1.54, 1.807) is 0 Å². The van der Waals surface area contributed by atoms with Gasteiger partial charge in [0.15, 0.2) is 0 Å². The van der Waals surface area contributed by atoms with Crippen LogP contribution in [0.5, 0.6) is 0 Å². The van der Waals surface area contributed by atoms with Crippen LogP contribution in [-0.2, 0) is 17.4 Å². The number of carbonyl (C=O) groups is 1. The zero-order chi connectivity index (χ0) is 15.5. The largest absolute Gasteiger partial charge is 0.416 e. The molecule has 1 aliphatic carbocycles. The van der Waals surface area contributed by atoms with Gasteiger partial charge in [0.2, 0.25) is 5.91 Å². The van der Waals surface area contributed by atoms with Crippen LogP contribution >= 0.6 is 0 Å². The van der Waals surface area contributed by atoms with E-state index in [2.05, 4.69) is 5.32 Å². The summed E-state index contributed by atoms with van der Waals surface area (Å²) in [4.78, 5) is 11.8. The van der Waals surface area contributed by atoms with Gasteiger partial charge in [-0.2, -0.15) is 13.2 Å². The summed E-state index contributed by atoms with van der Waals surface area (Å²) in [6, 6.07) is 4.80. The summed E-state index contributed by atoms with van der Waals surface area (Å²) in [6.45, 7) is 0.542. The minimum absolute atomic E-state index is 0.0834. The molecule has 0 radical (unpaired) electrons. The van der Waals surface area contributed by atoms with Crippen LogP contribution in [-0.4, -0.2) is 18.5 Å². The lowest BCUT2D eigenvalue weighted by molar-refractivity contribution is -0.137. The fourth-order valence-corrected chi connectivity index (χ4v) is 2.62. The second kappa shape index (κ2) is 6.47. The summed E-state index contributed by atoms with van der Waals surface area (Å²) < 4.78 is 37.3. The van der Waals surface area contributed by atoms with Gasteiger partial charge in [-0.05, 0) is 36.5 Å². The summed E-state index contributed by atoms with van der Waals surface area (Å²) in [5.41, 5.74) is 5.78. The van der Waals surface area contributed by atoms with Crippen molar-refractivity contribution < 1.29 is 18.0 Å². The fraction of sp³-hybridized carbons (Fsp3) is 0.533. The Bertz CT molecular complexity index is 485. The average molecular weight is 300 g/mol. The van der Waals surface area contributed by atoms with Crippen LogP contribution in [0.15, 0.2) is 24.3 Å². The third kappa shape index (κ3) is 4.46. The van der Waals surface area contributed by atoms with Gasteiger partial charge in [0.25, 0.3) is 0 Å². The van der Waals surface area contributed by atoms with Crippen LogP contribution in [0.2, 0.25) is 0 Å². The molecule has 2 rings (SSSR count). The first-order valence-electron chi connectivity index (χ1n) is 7.04. The third-order valence-electron chi connectivity index (χ3n) is 3.93. The number of hydrogen-bond donors (Lipinski definition) is 2. The van der Waals surface area contributed by atoms with E-state index in [4.69, 9.17) is 5.73 Å². The number of alkyl halides is 3. The molecule has 1 aromatic carbocycles. The van der Waals surface area contributed by atoms with Gasteiger partial charge in [0.1, 0.15) is 0 Å². The van der Waals surface area contributed by atoms with E-state index < -0.39 is 11.7 Å². The zero-order valence-corrected chi connectivity index (χ0v) is 11.6. The normalized spacial score (nSPS) is 22.3. The van der Waals surface area contributed by atoms with Crippen molar-refractivity contribution in [1.82, 2.24) is 5.32 Å². The second-order valence-corrected chi connectivity index (χ2v) is 5.53. The molecule has 2 unspecified atom stereocenters. The van der Waals surface area contributed by atoms with Crippen molar-refractivity contribution in [2.75, 3.05) is 6.54 Å². The fourth-order valence-electron chi connectivity index (χ4n) is 2.62. The first kappa shape index (κ1) is 15.8. The molecule has 1 amide bonds. The summed E-state index contributed by atoms with van der Waals surface area (Å²) in [5, 5.41) is 2.81. The SMILES string of the molecule is NC1CCCC1CNC(=O)Cc1ccc(C(F)(F)F)cc1. The first-order valence-corrected chi connectivity index (χ1v) is 7.04. The van der Waals surface area contributed by atoms with E-state index in [0.717, 1.165) is 31.4 Å². The quantitative estimate of drug-likeness (QED) is 0.897. The predicted octanol–water partition coefficient (Wildman–Crippen LogP) is 2.49. The summed E-state index contributed by atoms with van der Waals surface area (Å²) in [5.74, 6) is 0.121. The van der Waals surface area contributed by atoms with Gasteiger partial charge in [-0.25, -0.2) is 0 Å². The molecule has 1 saturated carbocycles. The second-order valence-electron chi connectivity index (χ2n) is 5.53. The van der Waals surface area contributed by atoms with Crippen LogP contribution in [0.4, 0.5) is 13.2 Å². The average Bonchev–Trinajstić information content (AvgIpc) is 2.81. The molecule has 0 spiro atoms. The summed E-state index contributed by atoms with van der Waals surface area (Å²) >= 11 is 0. The van der Waals surface area contributed by atoms with Crippen molar-refractivity contribution in [2.24, 2.45) is 11.7 Å². The number of rotatable bonds is 4. The standard InChI is InChI=1S/C15H19F3N2O/c16-15(17,18)12-6-4-10(5-7-12)8-14(21)20-9-11-2-1-3-13(11)19/h4-7,11,13H,1-3,8-9,19H2,(H,20,21). The molecule has 6 heteroatoms. The molecule has 1 aromatic rings. The van der Waals surface area contributed by atoms with Crippen LogP contribution in [0.25, 0.3) is 0 Å². The molecule has 0 bridgehead atoms. The lowest BCUT2D eigenvalue weighted by Gasteiger charge is -2.16. The Labute approximate surface area is 121 Å². The van der Waals surface area contributed by atoms with Crippen molar-refractivity contribution in [3.63, 3.8) is 0 Å². The number of hydrogen-bond acceptors (Lipinski definition) is 2. The Hall–Kier alpha value is -1.56. The maximum atomic E-state index is 12.4. The highest BCUT2D eigenvalue weighted by molar-refractivity contribution is 5.78. The molecular weight excluding hydrogens is 281 g/mol. The van der Waals surface area contributed by atoms with Crippen molar-refractivity contribution >= 4 is 5.91 Å². The van der Waals surface area contributed by atoms with Gasteiger partial charge >= 0.3 is 6.18 Å². The van der Waals surface area contributed by atoms with Gasteiger partial charge in [-0.15, -0.1) is 0 Å². The van der Waals surface area contributed by atoms with Crippen LogP contribution < -0.4 is 11.1 Å². The topological polar surface area (TPSA) is 55.1 Å². The molecule has 116 valence electrons. The van der Waals surface area contributed by atoms with Gasteiger partial charge in [0.05, 0.1) is 12.0 Å². The molecular formula is C15H19F3N2O. The minimum Gasteiger partial charge on any atom is -0.355 e. The van der Waals surface area contributed by atoms with Gasteiger partial charge in [0, 0.05) is 12.6 Å². The minimum atomic E-state index is -4.35. The number of nitrogens with one attached hydrogen (secondary N) is 1. The number of nitrogens with two attached hydrogens (primary N) is 1. The molecule has 1 aliphatic rings. The predicted molar refractivity (Wildman–Crippen MR) is 73.5 cm³/mol. The molecule has 0 saturated heterocycles. The highest BCUT2D eigenvalue weighted by Gasteiger charge is 2.30. The third-order valence-corrected chi connectivity index (χ3v) is 3.93. The lowest BCUT2D eigenvalue weighted by atomic mass is 10.0. The first-order chi connectivity index (χ1) is 9.86. The molecule has 2 atom stereocenters. The summed E-state index contributed by atoms with van der Waals surface area (Å²) in [7, 11) is 0. The van der Waals surface area contributed by atoms with Gasteiger partial charge < -0.3 is 11.1 Å². The Morgan fingerprint density at radius 2 is 1.90 bits per heavy atom. The Morgan fingerprint density at radius 3 is 2.43 bits per heavy atom. The lowest BCUT2D eigenvalue weighted by Crippen LogP contribution is -2.36. The van der Waals surface area contributed by atoms with Gasteiger partial charge in [-0.1, -0.05) is 18.6 Å². The molecule has 1 fully saturated rings. The Morgan fingerprint density at radius 1 is 1.24 bits per heavy atom. The number of amides is 1. The number of halogens is 3. The molecule has 3 nitrogen and oxygen atoms in total. The van der Waals surface area contributed by atoms with Crippen LogP contribution in [0.1, 0.15) is 30.4 Å². The molecule has 0 aromatic heterocycles. The van der Waals surface area contributed by atoms with E-state index in [0.29, 0.717) is 18.0 Å². The van der Waals surface area contributed by atoms with Crippen molar-refractivity contribution in [3.8, 4) is 0 Å². The Kier molecular flexibility index (Phi) is 4.88. The van der Waals surface area contributed by atoms with Crippen molar-refractivity contribution in [3.05, 3.63) is 35.4 Å². The maximum absolute atomic E-state index is 12.4.